The number of H-pyrrole nitrogens is 1. The summed E-state index contributed by atoms with van der Waals surface area (Å²) >= 11 is 1.64. The van der Waals surface area contributed by atoms with Crippen LogP contribution in [0.15, 0.2) is 84.4 Å². The van der Waals surface area contributed by atoms with E-state index >= 15 is 0 Å². The number of carbonyl (C=O) groups excluding carboxylic acids is 1. The number of ether oxygens (including phenoxy) is 1. The summed E-state index contributed by atoms with van der Waals surface area (Å²) in [6.07, 6.45) is 6.01. The van der Waals surface area contributed by atoms with Crippen LogP contribution in [0.5, 0.6) is 5.75 Å². The molecule has 0 fully saturated rings. The van der Waals surface area contributed by atoms with Gasteiger partial charge in [-0.25, -0.2) is 4.98 Å². The van der Waals surface area contributed by atoms with E-state index < -0.39 is 5.60 Å². The van der Waals surface area contributed by atoms with Crippen molar-refractivity contribution in [3.63, 3.8) is 0 Å². The fraction of sp³-hybridized carbons (Fsp3) is 0.167. The van der Waals surface area contributed by atoms with E-state index in [0.717, 1.165) is 27.7 Å². The number of aromatic amines is 1. The summed E-state index contributed by atoms with van der Waals surface area (Å²) in [7, 11) is 0. The number of rotatable bonds is 5. The van der Waals surface area contributed by atoms with Crippen LogP contribution in [0, 0.1) is 0 Å². The third-order valence-electron chi connectivity index (χ3n) is 5.52. The lowest BCUT2D eigenvalue weighted by Gasteiger charge is -2.31. The highest BCUT2D eigenvalue weighted by molar-refractivity contribution is 7.98. The number of carbonyl (C=O) groups is 1. The van der Waals surface area contributed by atoms with Gasteiger partial charge in [0.05, 0.1) is 11.4 Å². The van der Waals surface area contributed by atoms with Crippen molar-refractivity contribution in [1.82, 2.24) is 14.5 Å². The molecule has 1 atom stereocenters. The first kappa shape index (κ1) is 18.8. The molecule has 0 saturated carbocycles. The van der Waals surface area contributed by atoms with Crippen molar-refractivity contribution >= 4 is 17.5 Å². The molecule has 0 amide bonds. The maximum absolute atomic E-state index is 13.7. The predicted molar refractivity (Wildman–Crippen MR) is 117 cm³/mol. The molecule has 6 heteroatoms. The zero-order valence-corrected chi connectivity index (χ0v) is 17.4. The van der Waals surface area contributed by atoms with E-state index in [0.29, 0.717) is 17.9 Å². The lowest BCUT2D eigenvalue weighted by atomic mass is 9.84. The summed E-state index contributed by atoms with van der Waals surface area (Å²) < 4.78 is 8.42. The monoisotopic (exact) mass is 415 g/mol. The van der Waals surface area contributed by atoms with Crippen LogP contribution in [0.1, 0.15) is 35.0 Å². The molecule has 0 bridgehead atoms. The Hall–Kier alpha value is -3.25. The summed E-state index contributed by atoms with van der Waals surface area (Å²) in [5.41, 5.74) is 2.49. The van der Waals surface area contributed by atoms with Gasteiger partial charge >= 0.3 is 0 Å². The molecule has 0 spiro atoms. The topological polar surface area (TPSA) is 59.9 Å². The molecule has 150 valence electrons. The van der Waals surface area contributed by atoms with Crippen LogP contribution in [0.3, 0.4) is 0 Å². The average Bonchev–Trinajstić information content (AvgIpc) is 3.47. The van der Waals surface area contributed by atoms with E-state index in [2.05, 4.69) is 22.1 Å². The van der Waals surface area contributed by atoms with Crippen molar-refractivity contribution in [3.8, 4) is 11.4 Å². The van der Waals surface area contributed by atoms with E-state index in [1.807, 2.05) is 72.4 Å². The Balaban J connectivity index is 1.52. The van der Waals surface area contributed by atoms with Gasteiger partial charge in [-0.05, 0) is 36.2 Å². The van der Waals surface area contributed by atoms with Crippen LogP contribution in [0.25, 0.3) is 5.69 Å². The minimum Gasteiger partial charge on any atom is -0.472 e. The van der Waals surface area contributed by atoms with Crippen LogP contribution in [0.2, 0.25) is 0 Å². The number of ketones is 1. The summed E-state index contributed by atoms with van der Waals surface area (Å²) in [4.78, 5) is 21.1. The molecule has 5 rings (SSSR count). The highest BCUT2D eigenvalue weighted by Gasteiger charge is 2.45. The van der Waals surface area contributed by atoms with Crippen LogP contribution < -0.4 is 4.74 Å². The molecule has 1 N–H and O–H groups in total. The molecule has 5 nitrogen and oxygen atoms in total. The Labute approximate surface area is 179 Å². The van der Waals surface area contributed by atoms with Gasteiger partial charge in [0.25, 0.3) is 0 Å². The number of imidazole rings is 1. The molecule has 1 aliphatic rings. The first-order valence-corrected chi connectivity index (χ1v) is 10.9. The van der Waals surface area contributed by atoms with E-state index in [-0.39, 0.29) is 5.78 Å². The van der Waals surface area contributed by atoms with Crippen molar-refractivity contribution in [3.05, 3.63) is 96.1 Å². The van der Waals surface area contributed by atoms with Crippen LogP contribution in [-0.4, -0.2) is 20.3 Å². The number of nitrogens with one attached hydrogen (secondary N) is 1. The second-order valence-corrected chi connectivity index (χ2v) is 8.19. The molecule has 0 saturated heterocycles. The van der Waals surface area contributed by atoms with Crippen molar-refractivity contribution in [2.75, 3.05) is 0 Å². The number of fused-ring (bicyclic) bond motifs is 3. The van der Waals surface area contributed by atoms with Gasteiger partial charge in [0.15, 0.2) is 10.8 Å². The Morgan fingerprint density at radius 2 is 1.93 bits per heavy atom. The highest BCUT2D eigenvalue weighted by Crippen LogP contribution is 2.41. The largest absolute Gasteiger partial charge is 0.472 e. The molecule has 1 unspecified atom stereocenters. The zero-order chi connectivity index (χ0) is 20.6. The van der Waals surface area contributed by atoms with Gasteiger partial charge < -0.3 is 14.3 Å². The van der Waals surface area contributed by atoms with Gasteiger partial charge in [0.1, 0.15) is 5.75 Å². The third kappa shape index (κ3) is 3.04. The minimum atomic E-state index is -1.06. The fourth-order valence-corrected chi connectivity index (χ4v) is 4.72. The van der Waals surface area contributed by atoms with Gasteiger partial charge in [-0.3, -0.25) is 4.79 Å². The number of Topliss-reactive ketones (excluding diaryl/α,β-unsaturated/α-hetero) is 1. The van der Waals surface area contributed by atoms with E-state index in [1.165, 1.54) is 0 Å². The molecule has 2 aromatic heterocycles. The lowest BCUT2D eigenvalue weighted by Crippen LogP contribution is -2.41. The van der Waals surface area contributed by atoms with Crippen molar-refractivity contribution < 1.29 is 9.53 Å². The molecule has 0 radical (unpaired) electrons. The molecular weight excluding hydrogens is 394 g/mol. The number of benzene rings is 2. The van der Waals surface area contributed by atoms with Crippen LogP contribution in [-0.2, 0) is 11.4 Å². The van der Waals surface area contributed by atoms with Gasteiger partial charge in [-0.1, -0.05) is 55.1 Å². The van der Waals surface area contributed by atoms with Crippen LogP contribution in [0.4, 0.5) is 0 Å². The van der Waals surface area contributed by atoms with Crippen molar-refractivity contribution in [2.24, 2.45) is 0 Å². The summed E-state index contributed by atoms with van der Waals surface area (Å²) in [5.74, 6) is 1.48. The standard InChI is InChI=1S/C24H21N3O2S/c1-2-24(18-11-9-17(10-12-18)16-30-23-25-13-14-26-23)22(28)20-7-5-15-27(20)19-6-3-4-8-21(19)29-24/h3-15H,2,16H2,1H3,(H,25,26). The number of thioether (sulfide) groups is 1. The predicted octanol–water partition coefficient (Wildman–Crippen LogP) is 5.37. The summed E-state index contributed by atoms with van der Waals surface area (Å²) in [5, 5.41) is 0.892. The first-order valence-electron chi connectivity index (χ1n) is 9.93. The third-order valence-corrected chi connectivity index (χ3v) is 6.50. The van der Waals surface area contributed by atoms with Gasteiger partial charge in [0, 0.05) is 29.9 Å². The highest BCUT2D eigenvalue weighted by atomic mass is 32.2. The summed E-state index contributed by atoms with van der Waals surface area (Å²) in [6.45, 7) is 2.00. The van der Waals surface area contributed by atoms with E-state index in [4.69, 9.17) is 4.74 Å². The molecule has 1 aliphatic heterocycles. The SMILES string of the molecule is CCC1(c2ccc(CSc3ncc[nH]3)cc2)Oc2ccccc2-n2cccc2C1=O. The van der Waals surface area contributed by atoms with E-state index in [1.54, 1.807) is 18.0 Å². The molecule has 30 heavy (non-hydrogen) atoms. The lowest BCUT2D eigenvalue weighted by molar-refractivity contribution is 0.0424. The summed E-state index contributed by atoms with van der Waals surface area (Å²) in [6, 6.07) is 19.7. The molecule has 0 aliphatic carbocycles. The van der Waals surface area contributed by atoms with Crippen molar-refractivity contribution in [1.29, 1.82) is 0 Å². The van der Waals surface area contributed by atoms with Gasteiger partial charge in [-0.2, -0.15) is 0 Å². The van der Waals surface area contributed by atoms with Gasteiger partial charge in [-0.15, -0.1) is 0 Å². The Kier molecular flexibility index (Phi) is 4.71. The second kappa shape index (κ2) is 7.54. The smallest absolute Gasteiger partial charge is 0.227 e. The van der Waals surface area contributed by atoms with Crippen molar-refractivity contribution in [2.45, 2.75) is 29.9 Å². The molecule has 3 heterocycles. The number of para-hydroxylation sites is 2. The zero-order valence-electron chi connectivity index (χ0n) is 16.5. The number of nitrogens with zero attached hydrogens (tertiary/aromatic N) is 2. The quantitative estimate of drug-likeness (QED) is 0.445. The Morgan fingerprint density at radius 3 is 2.70 bits per heavy atom. The maximum atomic E-state index is 13.7. The number of hydrogen-bond acceptors (Lipinski definition) is 4. The van der Waals surface area contributed by atoms with Crippen LogP contribution >= 0.6 is 11.8 Å². The second-order valence-electron chi connectivity index (χ2n) is 7.22. The molecular formula is C24H21N3O2S. The Morgan fingerprint density at radius 1 is 1.10 bits per heavy atom. The van der Waals surface area contributed by atoms with Gasteiger partial charge in [0.2, 0.25) is 5.78 Å². The van der Waals surface area contributed by atoms with E-state index in [9.17, 15) is 4.79 Å². The number of hydrogen-bond donors (Lipinski definition) is 1. The maximum Gasteiger partial charge on any atom is 0.227 e. The fourth-order valence-electron chi connectivity index (χ4n) is 3.94. The molecule has 2 aromatic carbocycles. The number of aromatic nitrogens is 3. The first-order chi connectivity index (χ1) is 14.7. The average molecular weight is 416 g/mol. The molecule has 4 aromatic rings. The minimum absolute atomic E-state index is 0.0242. The Bertz CT molecular complexity index is 1180. The normalized spacial score (nSPS) is 17.7.